The highest BCUT2D eigenvalue weighted by atomic mass is 16.3. The second-order valence-corrected chi connectivity index (χ2v) is 4.37. The van der Waals surface area contributed by atoms with Crippen molar-refractivity contribution in [3.8, 4) is 0 Å². The van der Waals surface area contributed by atoms with Crippen LogP contribution in [0.1, 0.15) is 46.5 Å². The van der Waals surface area contributed by atoms with Gasteiger partial charge in [0.25, 0.3) is 0 Å². The average molecular weight is 168 g/mol. The fraction of sp³-hybridized carbons (Fsp3) is 0.818. The summed E-state index contributed by atoms with van der Waals surface area (Å²) in [6, 6.07) is 0. The number of rotatable bonds is 1. The molecule has 0 amide bonds. The molecule has 0 aliphatic heterocycles. The molecule has 1 nitrogen and oxygen atoms in total. The maximum atomic E-state index is 10.2. The first-order valence-corrected chi connectivity index (χ1v) is 4.92. The lowest BCUT2D eigenvalue weighted by atomic mass is 9.84. The Morgan fingerprint density at radius 3 is 2.75 bits per heavy atom. The second-order valence-electron chi connectivity index (χ2n) is 4.37. The Labute approximate surface area is 75.5 Å². The van der Waals surface area contributed by atoms with Gasteiger partial charge in [0.05, 0.1) is 5.60 Å². The molecule has 70 valence electrons. The normalized spacial score (nSPS) is 31.6. The number of aliphatic hydroxyl groups is 1. The predicted octanol–water partition coefficient (Wildman–Crippen LogP) is 2.89. The molecule has 0 aromatic carbocycles. The molecule has 1 heteroatoms. The van der Waals surface area contributed by atoms with Crippen LogP contribution in [-0.2, 0) is 0 Å². The molecule has 0 heterocycles. The lowest BCUT2D eigenvalue weighted by Gasteiger charge is -2.30. The van der Waals surface area contributed by atoms with E-state index < -0.39 is 5.60 Å². The van der Waals surface area contributed by atoms with Gasteiger partial charge >= 0.3 is 0 Å². The molecule has 0 saturated carbocycles. The van der Waals surface area contributed by atoms with E-state index in [9.17, 15) is 5.11 Å². The van der Waals surface area contributed by atoms with Gasteiger partial charge in [-0.25, -0.2) is 0 Å². The monoisotopic (exact) mass is 168 g/mol. The maximum absolute atomic E-state index is 10.2. The third kappa shape index (κ3) is 2.10. The summed E-state index contributed by atoms with van der Waals surface area (Å²) in [6.07, 6.45) is 6.30. The van der Waals surface area contributed by atoms with Crippen LogP contribution in [-0.4, -0.2) is 10.7 Å². The first-order chi connectivity index (χ1) is 5.54. The summed E-state index contributed by atoms with van der Waals surface area (Å²) in [5.41, 5.74) is 1.00. The van der Waals surface area contributed by atoms with E-state index in [-0.39, 0.29) is 0 Å². The summed E-state index contributed by atoms with van der Waals surface area (Å²) in [5.74, 6) is 0.375. The van der Waals surface area contributed by atoms with Gasteiger partial charge in [0.15, 0.2) is 0 Å². The SMILES string of the molecule is CC1=CCC(O)(C(C)C)CCC1. The van der Waals surface area contributed by atoms with Crippen LogP contribution in [0.25, 0.3) is 0 Å². The van der Waals surface area contributed by atoms with E-state index in [2.05, 4.69) is 26.8 Å². The highest BCUT2D eigenvalue weighted by Crippen LogP contribution is 2.31. The molecule has 1 rings (SSSR count). The van der Waals surface area contributed by atoms with Gasteiger partial charge in [0.2, 0.25) is 0 Å². The highest BCUT2D eigenvalue weighted by Gasteiger charge is 2.30. The summed E-state index contributed by atoms with van der Waals surface area (Å²) in [6.45, 7) is 6.37. The molecule has 12 heavy (non-hydrogen) atoms. The Morgan fingerprint density at radius 1 is 1.50 bits per heavy atom. The maximum Gasteiger partial charge on any atom is 0.0705 e. The summed E-state index contributed by atoms with van der Waals surface area (Å²) in [4.78, 5) is 0. The van der Waals surface area contributed by atoms with Crippen LogP contribution in [0, 0.1) is 5.92 Å². The van der Waals surface area contributed by atoms with Gasteiger partial charge in [0, 0.05) is 0 Å². The van der Waals surface area contributed by atoms with Crippen molar-refractivity contribution < 1.29 is 5.11 Å². The quantitative estimate of drug-likeness (QED) is 0.597. The number of hydrogen-bond acceptors (Lipinski definition) is 1. The minimum Gasteiger partial charge on any atom is -0.389 e. The fourth-order valence-electron chi connectivity index (χ4n) is 1.75. The summed E-state index contributed by atoms with van der Waals surface area (Å²) < 4.78 is 0. The van der Waals surface area contributed by atoms with Crippen LogP contribution in [0.4, 0.5) is 0 Å². The topological polar surface area (TPSA) is 20.2 Å². The summed E-state index contributed by atoms with van der Waals surface area (Å²) in [7, 11) is 0. The Bertz CT molecular complexity index is 181. The standard InChI is InChI=1S/C11H20O/c1-9(2)11(12)7-4-5-10(3)6-8-11/h6,9,12H,4-5,7-8H2,1-3H3. The van der Waals surface area contributed by atoms with Crippen molar-refractivity contribution in [2.24, 2.45) is 5.92 Å². The van der Waals surface area contributed by atoms with Crippen molar-refractivity contribution in [1.29, 1.82) is 0 Å². The zero-order valence-electron chi connectivity index (χ0n) is 8.43. The third-order valence-corrected chi connectivity index (χ3v) is 3.06. The van der Waals surface area contributed by atoms with E-state index in [1.807, 2.05) is 0 Å². The molecule has 1 N–H and O–H groups in total. The lowest BCUT2D eigenvalue weighted by molar-refractivity contribution is -0.0101. The zero-order valence-corrected chi connectivity index (χ0v) is 8.43. The van der Waals surface area contributed by atoms with Crippen LogP contribution >= 0.6 is 0 Å². The lowest BCUT2D eigenvalue weighted by Crippen LogP contribution is -2.33. The van der Waals surface area contributed by atoms with E-state index in [0.717, 1.165) is 25.7 Å². The van der Waals surface area contributed by atoms with E-state index in [4.69, 9.17) is 0 Å². The van der Waals surface area contributed by atoms with Crippen LogP contribution in [0.15, 0.2) is 11.6 Å². The molecule has 0 fully saturated rings. The van der Waals surface area contributed by atoms with Crippen LogP contribution in [0.2, 0.25) is 0 Å². The minimum atomic E-state index is -0.433. The second kappa shape index (κ2) is 3.61. The van der Waals surface area contributed by atoms with Crippen LogP contribution in [0.5, 0.6) is 0 Å². The van der Waals surface area contributed by atoms with Gasteiger partial charge in [0.1, 0.15) is 0 Å². The number of allylic oxidation sites excluding steroid dienone is 1. The molecule has 0 aromatic heterocycles. The Morgan fingerprint density at radius 2 is 2.17 bits per heavy atom. The molecule has 0 spiro atoms. The first kappa shape index (κ1) is 9.79. The fourth-order valence-corrected chi connectivity index (χ4v) is 1.75. The molecule has 1 aliphatic carbocycles. The Balaban J connectivity index is 2.68. The number of hydrogen-bond donors (Lipinski definition) is 1. The van der Waals surface area contributed by atoms with Gasteiger partial charge in [-0.2, -0.15) is 0 Å². The summed E-state index contributed by atoms with van der Waals surface area (Å²) in [5, 5.41) is 10.2. The van der Waals surface area contributed by atoms with Crippen molar-refractivity contribution in [3.63, 3.8) is 0 Å². The van der Waals surface area contributed by atoms with Crippen molar-refractivity contribution in [2.45, 2.75) is 52.1 Å². The van der Waals surface area contributed by atoms with Crippen molar-refractivity contribution in [3.05, 3.63) is 11.6 Å². The largest absolute Gasteiger partial charge is 0.389 e. The van der Waals surface area contributed by atoms with Crippen molar-refractivity contribution in [1.82, 2.24) is 0 Å². The van der Waals surface area contributed by atoms with E-state index in [0.29, 0.717) is 5.92 Å². The van der Waals surface area contributed by atoms with Crippen molar-refractivity contribution >= 4 is 0 Å². The van der Waals surface area contributed by atoms with Crippen LogP contribution in [0.3, 0.4) is 0 Å². The molecule has 0 aromatic rings. The Hall–Kier alpha value is -0.300. The van der Waals surface area contributed by atoms with Gasteiger partial charge in [-0.3, -0.25) is 0 Å². The molecular formula is C11H20O. The van der Waals surface area contributed by atoms with E-state index in [1.54, 1.807) is 0 Å². The minimum absolute atomic E-state index is 0.375. The molecule has 1 atom stereocenters. The zero-order chi connectivity index (χ0) is 9.19. The molecule has 0 saturated heterocycles. The van der Waals surface area contributed by atoms with Gasteiger partial charge in [-0.1, -0.05) is 25.5 Å². The van der Waals surface area contributed by atoms with Crippen molar-refractivity contribution in [2.75, 3.05) is 0 Å². The van der Waals surface area contributed by atoms with Gasteiger partial charge in [-0.15, -0.1) is 0 Å². The van der Waals surface area contributed by atoms with E-state index in [1.165, 1.54) is 5.57 Å². The third-order valence-electron chi connectivity index (χ3n) is 3.06. The average Bonchev–Trinajstić information content (AvgIpc) is 2.15. The summed E-state index contributed by atoms with van der Waals surface area (Å²) >= 11 is 0. The van der Waals surface area contributed by atoms with Crippen LogP contribution < -0.4 is 0 Å². The predicted molar refractivity (Wildman–Crippen MR) is 52.0 cm³/mol. The first-order valence-electron chi connectivity index (χ1n) is 4.92. The Kier molecular flexibility index (Phi) is 2.94. The molecule has 0 bridgehead atoms. The van der Waals surface area contributed by atoms with Gasteiger partial charge < -0.3 is 5.11 Å². The molecular weight excluding hydrogens is 148 g/mol. The van der Waals surface area contributed by atoms with Gasteiger partial charge in [-0.05, 0) is 38.5 Å². The van der Waals surface area contributed by atoms with E-state index >= 15 is 0 Å². The molecule has 0 radical (unpaired) electrons. The smallest absolute Gasteiger partial charge is 0.0705 e. The molecule has 1 aliphatic rings. The highest BCUT2D eigenvalue weighted by molar-refractivity contribution is 5.05. The molecule has 1 unspecified atom stereocenters.